The maximum Gasteiger partial charge on any atom is 0.412 e. The van der Waals surface area contributed by atoms with Crippen LogP contribution in [-0.2, 0) is 23.6 Å². The number of hydrogen-bond donors (Lipinski definition) is 7. The van der Waals surface area contributed by atoms with Crippen LogP contribution in [0.4, 0.5) is 14.4 Å². The molecule has 10 aromatic rings. The maximum atomic E-state index is 12.8. The molecular weight excluding hydrogens is 1520 g/mol. The van der Waals surface area contributed by atoms with E-state index in [1.54, 1.807) is 97.8 Å². The number of aromatic nitrogens is 10. The van der Waals surface area contributed by atoms with Gasteiger partial charge in [0.15, 0.2) is 15.1 Å². The molecule has 7 aromatic heterocycles. The maximum absolute atomic E-state index is 12.8. The van der Waals surface area contributed by atoms with Gasteiger partial charge in [-0.05, 0) is 154 Å². The molecule has 3 aliphatic heterocycles. The Kier molecular flexibility index (Phi) is 37.0. The van der Waals surface area contributed by atoms with Gasteiger partial charge in [0.05, 0.1) is 63.7 Å². The number of pyridine rings is 6. The molecule has 586 valence electrons. The Labute approximate surface area is 685 Å². The predicted octanol–water partition coefficient (Wildman–Crippen LogP) is 13.9. The fourth-order valence-corrected chi connectivity index (χ4v) is 13.7. The monoisotopic (exact) mass is 1610 g/mol. The summed E-state index contributed by atoms with van der Waals surface area (Å²) in [5.74, 6) is 2.10. The van der Waals surface area contributed by atoms with E-state index in [2.05, 4.69) is 137 Å². The topological polar surface area (TPSA) is 368 Å². The van der Waals surface area contributed by atoms with Crippen molar-refractivity contribution in [2.24, 2.45) is 55.5 Å². The van der Waals surface area contributed by atoms with E-state index < -0.39 is 18.2 Å². The largest absolute Gasteiger partial charge is 0.508 e. The molecule has 1 saturated heterocycles. The second kappa shape index (κ2) is 48.6. The van der Waals surface area contributed by atoms with Gasteiger partial charge in [-0.15, -0.1) is 20.4 Å². The van der Waals surface area contributed by atoms with Crippen LogP contribution in [0.3, 0.4) is 0 Å². The molecule has 6 aliphatic rings. The summed E-state index contributed by atoms with van der Waals surface area (Å²) in [6, 6.07) is 60.0. The normalized spacial score (nSPS) is 21.1. The zero-order valence-corrected chi connectivity index (χ0v) is 67.1. The standard InChI is InChI=1S/C27H28N6O2.C21H22N6O.C15H20N2O2.C12H8N6.C6H6O.C2H6.2BPS/c28-24-20(31-27(34)35-18-10-2-1-3-11-18)13-5-4-12-19-23(24)26(22-15-7-9-17-30-22)33-32-25(19)21-14-6-8-16-29-21;28-21-24-16-10-2-1-7-13-17(19(16)25-21)20(15-9-4-6-12-23-15)27-26-18(13)14-8-3-5-11-22-14;16-13-10-6-1-2-7-11-14(13)17-15(18)19-12-8-4-3-5-9-12;1-3-7-13-9(5-1)11-15-17-12(18-16-11)10-6-2-4-8-14-10;7-6-4-2-1-3-5-6;1-2;2*1-2-3/h1-3,6-11,14-17,19-20,23-24H,4-5,12-13,28H2,(H,31,34);3-6,8-9,11-13,16-17,19H,1-2,7,10H2,(H2,24,25,28);3-6,8-10,13-14H,1-2,7,11,16H2,(H,17,18);1-8H;1-5,7H;1-2H3;;/b;;10-6+;;;;;. The summed E-state index contributed by atoms with van der Waals surface area (Å²) >= 11 is 8.29. The van der Waals surface area contributed by atoms with Gasteiger partial charge in [-0.2, -0.15) is 20.4 Å². The van der Waals surface area contributed by atoms with Gasteiger partial charge in [0.25, 0.3) is 0 Å². The Balaban J connectivity index is 0.000000170. The van der Waals surface area contributed by atoms with Crippen LogP contribution < -0.4 is 42.2 Å². The molecule has 9 N–H and O–H groups in total. The number of ether oxygens (including phenoxy) is 2. The number of para-hydroxylation sites is 3. The Morgan fingerprint density at radius 3 is 1.22 bits per heavy atom. The van der Waals surface area contributed by atoms with Gasteiger partial charge >= 0.3 is 18.2 Å². The number of amides is 4. The number of rotatable bonds is 10. The summed E-state index contributed by atoms with van der Waals surface area (Å²) in [4.78, 5) is 63.1. The van der Waals surface area contributed by atoms with Crippen LogP contribution in [0.1, 0.15) is 114 Å². The van der Waals surface area contributed by atoms with Crippen LogP contribution in [-0.4, -0.2) is 148 Å². The van der Waals surface area contributed by atoms with Crippen molar-refractivity contribution in [1.29, 1.82) is 0 Å². The number of hydrogen-bond acceptors (Lipinski definition) is 24. The first kappa shape index (κ1) is 87.6. The molecule has 26 nitrogen and oxygen atoms in total. The number of urea groups is 1. The van der Waals surface area contributed by atoms with Gasteiger partial charge in [-0.3, -0.25) is 29.9 Å². The minimum atomic E-state index is -0.514. The number of carbonyl (C=O) groups excluding carboxylic acids is 3. The minimum absolute atomic E-state index is 0.00384. The molecule has 3 aromatic carbocycles. The fraction of sp³-hybridized carbons (Fsp3) is 0.289. The van der Waals surface area contributed by atoms with E-state index in [1.807, 2.05) is 159 Å². The Morgan fingerprint density at radius 2 is 0.800 bits per heavy atom. The number of fused-ring (bicyclic) bond motifs is 4. The zero-order valence-electron chi connectivity index (χ0n) is 63.7. The highest BCUT2D eigenvalue weighted by atomic mass is 32.4. The molecule has 0 bridgehead atoms. The lowest BCUT2D eigenvalue weighted by atomic mass is 9.70. The molecular formula is C83H90B2N20O6P2S2. The van der Waals surface area contributed by atoms with Crippen LogP contribution >= 0.6 is 14.5 Å². The van der Waals surface area contributed by atoms with Gasteiger partial charge in [0.2, 0.25) is 11.6 Å². The first-order valence-corrected chi connectivity index (χ1v) is 41.9. The van der Waals surface area contributed by atoms with Crippen molar-refractivity contribution in [3.8, 4) is 40.3 Å². The average Bonchev–Trinajstić information content (AvgIpc) is 1.75. The molecule has 32 heteroatoms. The van der Waals surface area contributed by atoms with Crippen LogP contribution in [0.15, 0.2) is 270 Å². The van der Waals surface area contributed by atoms with Crippen LogP contribution in [0.5, 0.6) is 17.2 Å². The van der Waals surface area contributed by atoms with Gasteiger partial charge in [-0.1, -0.05) is 187 Å². The summed E-state index contributed by atoms with van der Waals surface area (Å²) in [6.45, 7) is 4.00. The summed E-state index contributed by atoms with van der Waals surface area (Å²) in [7, 11) is 10.3. The molecule has 3 aliphatic carbocycles. The smallest absolute Gasteiger partial charge is 0.412 e. The highest BCUT2D eigenvalue weighted by Crippen LogP contribution is 2.39. The van der Waals surface area contributed by atoms with Crippen molar-refractivity contribution >= 4 is 94.3 Å². The summed E-state index contributed by atoms with van der Waals surface area (Å²) in [6.07, 6.45) is 25.3. The number of phenols is 1. The van der Waals surface area contributed by atoms with Gasteiger partial charge in [0.1, 0.15) is 28.6 Å². The van der Waals surface area contributed by atoms with Gasteiger partial charge in [-0.25, -0.2) is 14.4 Å². The van der Waals surface area contributed by atoms with E-state index in [0.717, 1.165) is 123 Å². The zero-order chi connectivity index (χ0) is 81.2. The number of nitrogens with zero attached hydrogens (tertiary/aromatic N) is 14. The Bertz CT molecular complexity index is 4680. The first-order valence-electron chi connectivity index (χ1n) is 37.9. The third-order valence-corrected chi connectivity index (χ3v) is 18.8. The van der Waals surface area contributed by atoms with Crippen molar-refractivity contribution in [1.82, 2.24) is 71.6 Å². The van der Waals surface area contributed by atoms with Gasteiger partial charge in [0, 0.05) is 79.0 Å². The minimum Gasteiger partial charge on any atom is -0.508 e. The van der Waals surface area contributed by atoms with Crippen molar-refractivity contribution in [3.05, 3.63) is 272 Å². The van der Waals surface area contributed by atoms with E-state index in [4.69, 9.17) is 26.0 Å². The van der Waals surface area contributed by atoms with E-state index >= 15 is 0 Å². The van der Waals surface area contributed by atoms with Crippen molar-refractivity contribution in [2.75, 3.05) is 0 Å². The first-order chi connectivity index (χ1) is 56.4. The summed E-state index contributed by atoms with van der Waals surface area (Å²) in [5, 5.41) is 55.3. The van der Waals surface area contributed by atoms with Crippen molar-refractivity contribution in [3.63, 3.8) is 0 Å². The van der Waals surface area contributed by atoms with Crippen molar-refractivity contribution in [2.45, 2.75) is 127 Å². The number of allylic oxidation sites excluding steroid dienone is 1. The molecule has 10 unspecified atom stereocenters. The van der Waals surface area contributed by atoms with Gasteiger partial charge < -0.3 is 47.3 Å². The van der Waals surface area contributed by atoms with E-state index in [1.165, 1.54) is 0 Å². The number of nitrogens with two attached hydrogens (primary N) is 2. The average molecular weight is 1610 g/mol. The van der Waals surface area contributed by atoms with E-state index in [-0.39, 0.29) is 59.9 Å². The number of nitrogens with one attached hydrogen (secondary N) is 4. The van der Waals surface area contributed by atoms with Crippen LogP contribution in [0.2, 0.25) is 0 Å². The highest BCUT2D eigenvalue weighted by molar-refractivity contribution is 8.07. The second-order valence-electron chi connectivity index (χ2n) is 26.2. The third-order valence-electron chi connectivity index (χ3n) is 18.8. The lowest BCUT2D eigenvalue weighted by Crippen LogP contribution is -2.57. The van der Waals surface area contributed by atoms with E-state index in [9.17, 15) is 14.4 Å². The Morgan fingerprint density at radius 1 is 0.452 bits per heavy atom. The molecule has 0 spiro atoms. The highest BCUT2D eigenvalue weighted by Gasteiger charge is 2.48. The fourth-order valence-electron chi connectivity index (χ4n) is 13.7. The summed E-state index contributed by atoms with van der Waals surface area (Å²) in [5.41, 5.74) is 20.8. The summed E-state index contributed by atoms with van der Waals surface area (Å²) < 4.78 is 10.7. The predicted molar refractivity (Wildman–Crippen MR) is 459 cm³/mol. The quantitative estimate of drug-likeness (QED) is 0.0380. The SMILES string of the molecule is CC.NC1/C=C/CCCCC1NC(=O)Oc1ccccc1.NC1C(NC(=O)Oc2ccccc2)CCCCC2C(c3ccccn3)=NN=C(c3ccccn3)C21.O=C1NC2CCCCC3C(c4ccccn4)=NN=C(c4ccccn4)C3C2N1.Oc1ccccc1.[B]P=S.[B]P=S.c1ccc(-c2nnc(-c3ccccn3)nn2)nc1. The van der Waals surface area contributed by atoms with E-state index in [0.29, 0.717) is 54.8 Å². The lowest BCUT2D eigenvalue weighted by Gasteiger charge is -2.40. The Hall–Kier alpha value is -11.4. The molecule has 10 atom stereocenters. The molecule has 3 fully saturated rings. The third kappa shape index (κ3) is 27.2. The van der Waals surface area contributed by atoms with Crippen LogP contribution in [0, 0.1) is 23.7 Å². The molecule has 10 heterocycles. The molecule has 115 heavy (non-hydrogen) atoms. The second-order valence-corrected chi connectivity index (χ2v) is 27.9. The molecule has 4 radical (unpaired) electrons. The number of phenolic OH excluding ortho intramolecular Hbond substituents is 1. The lowest BCUT2D eigenvalue weighted by molar-refractivity contribution is 0.186. The number of benzene rings is 3. The molecule has 2 saturated carbocycles. The number of carbonyl (C=O) groups is 3. The molecule has 16 rings (SSSR count). The van der Waals surface area contributed by atoms with Crippen molar-refractivity contribution < 1.29 is 29.0 Å². The molecule has 4 amide bonds. The van der Waals surface area contributed by atoms with Crippen LogP contribution in [0.25, 0.3) is 23.0 Å². The number of aromatic hydroxyl groups is 1.